The van der Waals surface area contributed by atoms with Gasteiger partial charge >= 0.3 is 0 Å². The van der Waals surface area contributed by atoms with Gasteiger partial charge in [0.2, 0.25) is 11.7 Å². The molecule has 3 aromatic rings. The normalized spacial score (nSPS) is 18.3. The first-order valence-corrected chi connectivity index (χ1v) is 12.4. The number of likely N-dealkylation sites (tertiary alicyclic amines) is 1. The van der Waals surface area contributed by atoms with Gasteiger partial charge in [-0.15, -0.1) is 0 Å². The van der Waals surface area contributed by atoms with Crippen molar-refractivity contribution < 1.29 is 18.8 Å². The second-order valence-corrected chi connectivity index (χ2v) is 9.65. The quantitative estimate of drug-likeness (QED) is 0.315. The van der Waals surface area contributed by atoms with E-state index < -0.39 is 0 Å². The van der Waals surface area contributed by atoms with Crippen molar-refractivity contribution in [3.05, 3.63) is 53.1 Å². The molecular formula is C28H28N4O4. The summed E-state index contributed by atoms with van der Waals surface area (Å²) in [5, 5.41) is 13.8. The van der Waals surface area contributed by atoms with Crippen molar-refractivity contribution in [1.82, 2.24) is 15.0 Å². The van der Waals surface area contributed by atoms with Gasteiger partial charge in [0, 0.05) is 30.5 Å². The van der Waals surface area contributed by atoms with Crippen LogP contribution in [0.5, 0.6) is 5.75 Å². The second-order valence-electron chi connectivity index (χ2n) is 9.65. The van der Waals surface area contributed by atoms with Gasteiger partial charge in [0.25, 0.3) is 5.89 Å². The molecule has 1 amide bonds. The third kappa shape index (κ3) is 4.37. The lowest BCUT2D eigenvalue weighted by molar-refractivity contribution is -0.129. The molecule has 1 saturated heterocycles. The summed E-state index contributed by atoms with van der Waals surface area (Å²) in [5.74, 6) is 1.77. The molecule has 2 heterocycles. The molecule has 2 aliphatic rings. The number of carbonyl (C=O) groups excluding carboxylic acids is 2. The van der Waals surface area contributed by atoms with E-state index in [1.54, 1.807) is 12.1 Å². The Morgan fingerprint density at radius 3 is 2.89 bits per heavy atom. The summed E-state index contributed by atoms with van der Waals surface area (Å²) < 4.78 is 11.3. The van der Waals surface area contributed by atoms with Gasteiger partial charge in [-0.2, -0.15) is 10.2 Å². The standard InChI is InChI=1S/C28H28N4O4/c1-17(2)35-24-10-9-18(13-20(24)16-29)28-30-27(31-36-28)22-8-6-7-21-23(22)14-19-15-25(34)32(26(19)21)11-4-3-5-12-33/h6-10,12-13,17,19,26H,3-5,11,14-15H2,1-2H3. The predicted molar refractivity (Wildman–Crippen MR) is 132 cm³/mol. The van der Waals surface area contributed by atoms with Crippen LogP contribution < -0.4 is 4.74 Å². The smallest absolute Gasteiger partial charge is 0.258 e. The Balaban J connectivity index is 1.41. The van der Waals surface area contributed by atoms with E-state index in [0.29, 0.717) is 48.0 Å². The molecule has 1 aromatic heterocycles. The summed E-state index contributed by atoms with van der Waals surface area (Å²) in [6.45, 7) is 4.49. The molecule has 0 spiro atoms. The van der Waals surface area contributed by atoms with Crippen LogP contribution in [0, 0.1) is 17.2 Å². The molecule has 1 fully saturated rings. The van der Waals surface area contributed by atoms with E-state index in [-0.39, 0.29) is 24.0 Å². The Morgan fingerprint density at radius 2 is 2.11 bits per heavy atom. The van der Waals surface area contributed by atoms with Gasteiger partial charge in [-0.3, -0.25) is 4.79 Å². The monoisotopic (exact) mass is 484 g/mol. The van der Waals surface area contributed by atoms with Gasteiger partial charge < -0.3 is 19.0 Å². The predicted octanol–water partition coefficient (Wildman–Crippen LogP) is 4.88. The summed E-state index contributed by atoms with van der Waals surface area (Å²) in [4.78, 5) is 30.0. The molecule has 5 rings (SSSR count). The van der Waals surface area contributed by atoms with Crippen LogP contribution in [0.4, 0.5) is 0 Å². The number of nitrogens with zero attached hydrogens (tertiary/aromatic N) is 4. The summed E-state index contributed by atoms with van der Waals surface area (Å²) >= 11 is 0. The molecular weight excluding hydrogens is 456 g/mol. The number of aromatic nitrogens is 2. The first-order valence-electron chi connectivity index (χ1n) is 12.4. The van der Waals surface area contributed by atoms with E-state index in [1.807, 2.05) is 36.9 Å². The number of carbonyl (C=O) groups is 2. The van der Waals surface area contributed by atoms with Crippen LogP contribution in [0.2, 0.25) is 0 Å². The highest BCUT2D eigenvalue weighted by atomic mass is 16.5. The van der Waals surface area contributed by atoms with Crippen LogP contribution in [-0.4, -0.2) is 39.9 Å². The molecule has 0 N–H and O–H groups in total. The van der Waals surface area contributed by atoms with E-state index in [9.17, 15) is 14.9 Å². The summed E-state index contributed by atoms with van der Waals surface area (Å²) in [5.41, 5.74) is 4.27. The number of ether oxygens (including phenoxy) is 1. The first kappa shape index (κ1) is 23.7. The average Bonchev–Trinajstić information content (AvgIpc) is 3.56. The number of rotatable bonds is 9. The Bertz CT molecular complexity index is 1340. The van der Waals surface area contributed by atoms with Crippen LogP contribution >= 0.6 is 0 Å². The third-order valence-corrected chi connectivity index (χ3v) is 6.88. The minimum absolute atomic E-state index is 0.0415. The zero-order valence-electron chi connectivity index (χ0n) is 20.4. The van der Waals surface area contributed by atoms with Crippen LogP contribution in [0.15, 0.2) is 40.9 Å². The van der Waals surface area contributed by atoms with Gasteiger partial charge in [-0.05, 0) is 68.4 Å². The number of hydrogen-bond acceptors (Lipinski definition) is 7. The molecule has 2 atom stereocenters. The van der Waals surface area contributed by atoms with Gasteiger partial charge in [-0.1, -0.05) is 23.4 Å². The number of unbranched alkanes of at least 4 members (excludes halogenated alkanes) is 2. The number of amides is 1. The largest absolute Gasteiger partial charge is 0.490 e. The molecule has 0 radical (unpaired) electrons. The highest BCUT2D eigenvalue weighted by Crippen LogP contribution is 2.49. The van der Waals surface area contributed by atoms with Crippen LogP contribution in [0.1, 0.15) is 62.3 Å². The maximum absolute atomic E-state index is 12.7. The molecule has 8 heteroatoms. The van der Waals surface area contributed by atoms with E-state index in [0.717, 1.165) is 42.2 Å². The number of aldehydes is 1. The fourth-order valence-corrected chi connectivity index (χ4v) is 5.38. The van der Waals surface area contributed by atoms with Gasteiger partial charge in [-0.25, -0.2) is 0 Å². The maximum atomic E-state index is 12.7. The lowest BCUT2D eigenvalue weighted by atomic mass is 10.0. The lowest BCUT2D eigenvalue weighted by Gasteiger charge is -2.25. The minimum Gasteiger partial charge on any atom is -0.490 e. The number of benzene rings is 2. The Hall–Kier alpha value is -3.99. The van der Waals surface area contributed by atoms with Gasteiger partial charge in [0.15, 0.2) is 0 Å². The van der Waals surface area contributed by atoms with Crippen molar-refractivity contribution >= 4 is 12.2 Å². The highest BCUT2D eigenvalue weighted by molar-refractivity contribution is 5.81. The fraction of sp³-hybridized carbons (Fsp3) is 0.393. The maximum Gasteiger partial charge on any atom is 0.258 e. The molecule has 0 bridgehead atoms. The van der Waals surface area contributed by atoms with Gasteiger partial charge in [0.05, 0.1) is 17.7 Å². The van der Waals surface area contributed by atoms with Crippen molar-refractivity contribution in [1.29, 1.82) is 5.26 Å². The van der Waals surface area contributed by atoms with Crippen LogP contribution in [0.25, 0.3) is 22.8 Å². The minimum atomic E-state index is -0.0415. The van der Waals surface area contributed by atoms with E-state index >= 15 is 0 Å². The summed E-state index contributed by atoms with van der Waals surface area (Å²) in [6.07, 6.45) is 4.35. The Labute approximate surface area is 209 Å². The lowest BCUT2D eigenvalue weighted by Crippen LogP contribution is -2.29. The zero-order valence-corrected chi connectivity index (χ0v) is 20.4. The van der Waals surface area contributed by atoms with Crippen molar-refractivity contribution in [3.63, 3.8) is 0 Å². The molecule has 2 aromatic carbocycles. The molecule has 36 heavy (non-hydrogen) atoms. The van der Waals surface area contributed by atoms with Crippen molar-refractivity contribution in [2.24, 2.45) is 5.92 Å². The third-order valence-electron chi connectivity index (χ3n) is 6.88. The SMILES string of the molecule is CC(C)Oc1ccc(-c2nc(-c3cccc4c3CC3CC(=O)N(CCCCC=O)C43)no2)cc1C#N. The molecule has 184 valence electrons. The molecule has 0 saturated carbocycles. The summed E-state index contributed by atoms with van der Waals surface area (Å²) in [7, 11) is 0. The Kier molecular flexibility index (Phi) is 6.55. The number of fused-ring (bicyclic) bond motifs is 3. The second kappa shape index (κ2) is 9.94. The van der Waals surface area contributed by atoms with Crippen LogP contribution in [0.3, 0.4) is 0 Å². The first-order chi connectivity index (χ1) is 17.5. The molecule has 8 nitrogen and oxygen atoms in total. The molecule has 2 unspecified atom stereocenters. The van der Waals surface area contributed by atoms with Crippen LogP contribution in [-0.2, 0) is 16.0 Å². The highest BCUT2D eigenvalue weighted by Gasteiger charge is 2.46. The zero-order chi connectivity index (χ0) is 25.2. The van der Waals surface area contributed by atoms with Crippen molar-refractivity contribution in [2.45, 2.75) is 58.1 Å². The molecule has 1 aliphatic carbocycles. The number of nitriles is 1. The van der Waals surface area contributed by atoms with Gasteiger partial charge in [0.1, 0.15) is 18.1 Å². The van der Waals surface area contributed by atoms with E-state index in [2.05, 4.69) is 22.3 Å². The Morgan fingerprint density at radius 1 is 1.25 bits per heavy atom. The van der Waals surface area contributed by atoms with Crippen molar-refractivity contribution in [3.8, 4) is 34.7 Å². The fourth-order valence-electron chi connectivity index (χ4n) is 5.38. The van der Waals surface area contributed by atoms with Crippen molar-refractivity contribution in [2.75, 3.05) is 6.54 Å². The molecule has 1 aliphatic heterocycles. The number of hydrogen-bond donors (Lipinski definition) is 0. The topological polar surface area (TPSA) is 109 Å². The van der Waals surface area contributed by atoms with E-state index in [1.165, 1.54) is 0 Å². The summed E-state index contributed by atoms with van der Waals surface area (Å²) in [6, 6.07) is 13.5. The average molecular weight is 485 g/mol. The van der Waals surface area contributed by atoms with E-state index in [4.69, 9.17) is 9.26 Å².